The number of nitrogens with two attached hydrogens (primary N) is 1. The minimum atomic E-state index is -2.25. The molecule has 15 unspecified atom stereocenters. The van der Waals surface area contributed by atoms with Gasteiger partial charge in [0.1, 0.15) is 165 Å². The first kappa shape index (κ1) is 73.1. The lowest BCUT2D eigenvalue weighted by atomic mass is 9.95. The fourth-order valence-electron chi connectivity index (χ4n) is 11.2. The Hall–Kier alpha value is -1.72. The Balaban J connectivity index is 1.11. The van der Waals surface area contributed by atoms with E-state index in [1.807, 2.05) is 0 Å². The topological polar surface area (TPSA) is 614 Å². The number of rotatable bonds is 15. The van der Waals surface area contributed by atoms with Crippen LogP contribution in [0.5, 0.6) is 0 Å². The summed E-state index contributed by atoms with van der Waals surface area (Å²) < 4.78 is 81.8. The molecule has 0 saturated carbocycles. The van der Waals surface area contributed by atoms with Crippen molar-refractivity contribution in [2.24, 2.45) is 11.7 Å². The standard InChI is InChI=1S/C49H81NO37S2/c1-11(41(70)71)7-88-9-18-39-25(61)32(68)48(79-18)84-37-16(5-54)75-45(28(64)21(37)57)83-36-15(4-53)78-47(31(67)24(36)60)87-40-19(10-89-8-12(50)42(72)73)80-49(33(69)26(40)62)85-38-17(6-55)76-44(29(65)22(38)58)81-34-13(2-51)74-43(27(63)20(34)56)82-35-14(3-52)77-46(86-39)30(66)23(35)59/h11-40,43-49,51-69H,2-10,50H2,1H3,(H,70,71)(H,72,73)/t11-,12-,13?,14?,15?,16?,17?,18?,19?,20?,21-,22?,23-,24?,25-,26-,27+,28?,29+,30?,31+,32?,33?,34-,35-,36-,37-,38-,39-,40-,43-,44-,45+,46-,47+,48-,49?/m1/s1. The Kier molecular flexibility index (Phi) is 26.2. The molecule has 0 spiro atoms. The molecule has 21 aliphatic rings. The maximum Gasteiger partial charge on any atom is 0.321 e. The molecule has 38 nitrogen and oxygen atoms in total. The average molecular weight is 1340 g/mol. The summed E-state index contributed by atoms with van der Waals surface area (Å²) in [4.78, 5) is 23.3. The lowest BCUT2D eigenvalue weighted by Crippen LogP contribution is -2.68. The molecule has 21 saturated heterocycles. The second kappa shape index (κ2) is 31.9. The molecule has 516 valence electrons. The number of aliphatic carboxylic acids is 2. The molecule has 89 heavy (non-hydrogen) atoms. The van der Waals surface area contributed by atoms with Gasteiger partial charge in [0.05, 0.1) is 51.2 Å². The van der Waals surface area contributed by atoms with E-state index < -0.39 is 272 Å². The van der Waals surface area contributed by atoms with Gasteiger partial charge in [0, 0.05) is 23.0 Å². The van der Waals surface area contributed by atoms with E-state index in [0.717, 1.165) is 23.5 Å². The third kappa shape index (κ3) is 15.9. The van der Waals surface area contributed by atoms with E-state index in [1.54, 1.807) is 0 Å². The van der Waals surface area contributed by atoms with Crippen molar-refractivity contribution in [3.05, 3.63) is 0 Å². The van der Waals surface area contributed by atoms with E-state index in [1.165, 1.54) is 6.92 Å². The highest BCUT2D eigenvalue weighted by molar-refractivity contribution is 7.99. The molecular weight excluding hydrogens is 1260 g/mol. The first-order valence-corrected chi connectivity index (χ1v) is 30.6. The molecule has 21 heterocycles. The Morgan fingerprint density at radius 1 is 0.315 bits per heavy atom. The van der Waals surface area contributed by atoms with Crippen molar-refractivity contribution in [1.82, 2.24) is 0 Å². The highest BCUT2D eigenvalue weighted by Crippen LogP contribution is 2.40. The number of aliphatic hydroxyl groups is 19. The largest absolute Gasteiger partial charge is 0.481 e. The molecule has 21 fully saturated rings. The van der Waals surface area contributed by atoms with E-state index in [4.69, 9.17) is 72.0 Å². The van der Waals surface area contributed by atoms with Crippen LogP contribution in [0.1, 0.15) is 6.92 Å². The van der Waals surface area contributed by atoms with Crippen molar-refractivity contribution in [3.8, 4) is 0 Å². The molecule has 0 aromatic rings. The molecule has 21 rings (SSSR count). The predicted molar refractivity (Wildman–Crippen MR) is 281 cm³/mol. The molecule has 21 aliphatic heterocycles. The summed E-state index contributed by atoms with van der Waals surface area (Å²) in [5.41, 5.74) is 5.70. The third-order valence-corrected chi connectivity index (χ3v) is 18.9. The van der Waals surface area contributed by atoms with Crippen LogP contribution in [0.3, 0.4) is 0 Å². The van der Waals surface area contributed by atoms with E-state index in [9.17, 15) is 117 Å². The predicted octanol–water partition coefficient (Wildman–Crippen LogP) is -13.6. The zero-order valence-corrected chi connectivity index (χ0v) is 48.7. The summed E-state index contributed by atoms with van der Waals surface area (Å²) in [5.74, 6) is -4.70. The average Bonchev–Trinajstić information content (AvgIpc) is 0.983. The van der Waals surface area contributed by atoms with Gasteiger partial charge in [-0.15, -0.1) is 0 Å². The SMILES string of the molecule is C[C@H](CSCC1O[C@@H]2O[C@@H]3C(CO)O[C@@H](O[C@@H]4C(CO)O[C@@H](O[C@@H]5C(CSC[C@@H](N)C(=O)O)OC(O[C@@H]6C(CO)O[C@H](O[C@@H]7C(CO)O[C@H](O[C@@H]8C(CO)O[C@H](O[C@H]1[C@H](O)C2O)C(O)[C@H]8O)[C@@H](O)C7O)[C@@H](O)C6O)C(O)[C@H]5O)[C@@H](O)C4O)C(O)[C@H]3O)C(=O)O. The minimum Gasteiger partial charge on any atom is -0.481 e. The monoisotopic (exact) mass is 1340 g/mol. The quantitative estimate of drug-likeness (QED) is 0.0724. The molecule has 0 radical (unpaired) electrons. The van der Waals surface area contributed by atoms with Gasteiger partial charge in [-0.1, -0.05) is 6.92 Å². The Labute approximate surface area is 512 Å². The number of aliphatic hydroxyl groups excluding tert-OH is 19. The van der Waals surface area contributed by atoms with Crippen LogP contribution in [0.4, 0.5) is 0 Å². The van der Waals surface area contributed by atoms with Crippen LogP contribution in [-0.4, -0.2) is 396 Å². The van der Waals surface area contributed by atoms with E-state index in [0.29, 0.717) is 0 Å². The summed E-state index contributed by atoms with van der Waals surface area (Å²) >= 11 is 1.72. The number of hydrogen-bond acceptors (Lipinski definition) is 38. The number of carboxylic acids is 2. The fourth-order valence-corrected chi connectivity index (χ4v) is 13.4. The number of carboxylic acid groups (broad SMARTS) is 2. The minimum absolute atomic E-state index is 0.0967. The molecule has 37 atom stereocenters. The van der Waals surface area contributed by atoms with Crippen LogP contribution in [-0.2, 0) is 75.9 Å². The van der Waals surface area contributed by atoms with Crippen molar-refractivity contribution in [2.75, 3.05) is 56.0 Å². The van der Waals surface area contributed by atoms with Gasteiger partial charge in [0.2, 0.25) is 0 Å². The molecule has 14 bridgehead atoms. The summed E-state index contributed by atoms with van der Waals surface area (Å²) in [6.07, 6.45) is -70.9. The van der Waals surface area contributed by atoms with Gasteiger partial charge >= 0.3 is 11.9 Å². The molecule has 0 aromatic carbocycles. The Morgan fingerprint density at radius 3 is 0.697 bits per heavy atom. The number of thioether (sulfide) groups is 2. The highest BCUT2D eigenvalue weighted by Gasteiger charge is 2.60. The molecule has 0 aromatic heterocycles. The smallest absolute Gasteiger partial charge is 0.321 e. The first-order chi connectivity index (χ1) is 42.2. The van der Waals surface area contributed by atoms with Crippen LogP contribution < -0.4 is 5.73 Å². The molecule has 0 aliphatic carbocycles. The zero-order valence-electron chi connectivity index (χ0n) is 47.0. The van der Waals surface area contributed by atoms with E-state index >= 15 is 0 Å². The molecule has 40 heteroatoms. The van der Waals surface area contributed by atoms with Crippen molar-refractivity contribution in [2.45, 2.75) is 228 Å². The number of hydrogen-bond donors (Lipinski definition) is 22. The van der Waals surface area contributed by atoms with Gasteiger partial charge in [0.15, 0.2) is 44.0 Å². The van der Waals surface area contributed by atoms with Crippen LogP contribution in [0.2, 0.25) is 0 Å². The van der Waals surface area contributed by atoms with Gasteiger partial charge < -0.3 is 179 Å². The molecule has 0 amide bonds. The van der Waals surface area contributed by atoms with E-state index in [-0.39, 0.29) is 23.0 Å². The van der Waals surface area contributed by atoms with Crippen molar-refractivity contribution in [1.29, 1.82) is 0 Å². The fraction of sp³-hybridized carbons (Fsp3) is 0.959. The first-order valence-electron chi connectivity index (χ1n) is 28.3. The maximum atomic E-state index is 11.7. The van der Waals surface area contributed by atoms with Crippen LogP contribution >= 0.6 is 23.5 Å². The Morgan fingerprint density at radius 2 is 0.506 bits per heavy atom. The summed E-state index contributed by atoms with van der Waals surface area (Å²) in [5, 5.41) is 233. The number of ether oxygens (including phenoxy) is 14. The van der Waals surface area contributed by atoms with Crippen molar-refractivity contribution >= 4 is 35.5 Å². The van der Waals surface area contributed by atoms with Crippen LogP contribution in [0.15, 0.2) is 0 Å². The lowest BCUT2D eigenvalue weighted by Gasteiger charge is -2.50. The van der Waals surface area contributed by atoms with Gasteiger partial charge in [-0.05, 0) is 0 Å². The van der Waals surface area contributed by atoms with Crippen LogP contribution in [0, 0.1) is 5.92 Å². The van der Waals surface area contributed by atoms with Gasteiger partial charge in [-0.2, -0.15) is 23.5 Å². The summed E-state index contributed by atoms with van der Waals surface area (Å²) in [7, 11) is 0. The Bertz CT molecular complexity index is 2190. The second-order valence-corrected chi connectivity index (χ2v) is 24.7. The van der Waals surface area contributed by atoms with E-state index in [2.05, 4.69) is 0 Å². The lowest BCUT2D eigenvalue weighted by molar-refractivity contribution is -0.395. The van der Waals surface area contributed by atoms with Crippen molar-refractivity contribution in [3.63, 3.8) is 0 Å². The van der Waals surface area contributed by atoms with Crippen molar-refractivity contribution < 1.29 is 183 Å². The zero-order chi connectivity index (χ0) is 65.2. The van der Waals surface area contributed by atoms with Crippen LogP contribution in [0.25, 0.3) is 0 Å². The van der Waals surface area contributed by atoms with Gasteiger partial charge in [-0.3, -0.25) is 9.59 Å². The van der Waals surface area contributed by atoms with Gasteiger partial charge in [0.25, 0.3) is 0 Å². The maximum absolute atomic E-state index is 11.7. The summed E-state index contributed by atoms with van der Waals surface area (Å²) in [6, 6.07) is -1.46. The molecular formula is C49H81NO37S2. The normalized spacial score (nSPS) is 50.1. The second-order valence-electron chi connectivity index (χ2n) is 22.5. The number of carbonyl (C=O) groups is 2. The summed E-state index contributed by atoms with van der Waals surface area (Å²) in [6.45, 7) is -4.01. The molecule has 23 N–H and O–H groups in total. The van der Waals surface area contributed by atoms with Gasteiger partial charge in [-0.25, -0.2) is 0 Å². The highest BCUT2D eigenvalue weighted by atomic mass is 32.2. The third-order valence-electron chi connectivity index (χ3n) is 16.4.